The lowest BCUT2D eigenvalue weighted by Gasteiger charge is -2.30. The molecule has 8 heteroatoms. The number of pyridine rings is 2. The van der Waals surface area contributed by atoms with Crippen LogP contribution in [0.3, 0.4) is 0 Å². The third-order valence-corrected chi connectivity index (χ3v) is 6.47. The number of nitrogens with zero attached hydrogens (tertiary/aromatic N) is 3. The minimum atomic E-state index is -0.365. The number of nitrogens with one attached hydrogen (secondary N) is 2. The van der Waals surface area contributed by atoms with Gasteiger partial charge in [-0.25, -0.2) is 4.98 Å². The summed E-state index contributed by atoms with van der Waals surface area (Å²) in [6.45, 7) is 1.94. The number of anilines is 1. The molecule has 0 spiro atoms. The molecule has 168 valence electrons. The van der Waals surface area contributed by atoms with Crippen LogP contribution in [0.2, 0.25) is 5.02 Å². The SMILES string of the molecule is Cc1ccn2c(=O)c(C(=O)NC3CCC(Nc4ccnc5cc(Cl)ccc45)CC3)cnc2c1. The Balaban J connectivity index is 1.23. The monoisotopic (exact) mass is 461 g/mol. The third kappa shape index (κ3) is 4.41. The highest BCUT2D eigenvalue weighted by molar-refractivity contribution is 6.31. The molecule has 0 unspecified atom stereocenters. The Morgan fingerprint density at radius 1 is 1.06 bits per heavy atom. The van der Waals surface area contributed by atoms with Crippen LogP contribution in [0.15, 0.2) is 59.8 Å². The average Bonchev–Trinajstić information content (AvgIpc) is 2.80. The second-order valence-electron chi connectivity index (χ2n) is 8.60. The van der Waals surface area contributed by atoms with Crippen LogP contribution in [-0.4, -0.2) is 32.4 Å². The van der Waals surface area contributed by atoms with E-state index in [0.717, 1.165) is 47.8 Å². The summed E-state index contributed by atoms with van der Waals surface area (Å²) < 4.78 is 1.41. The summed E-state index contributed by atoms with van der Waals surface area (Å²) in [7, 11) is 0. The van der Waals surface area contributed by atoms with Crippen molar-refractivity contribution in [3.05, 3.63) is 81.5 Å². The van der Waals surface area contributed by atoms with Crippen molar-refractivity contribution >= 4 is 39.7 Å². The summed E-state index contributed by atoms with van der Waals surface area (Å²) in [5, 5.41) is 8.36. The summed E-state index contributed by atoms with van der Waals surface area (Å²) >= 11 is 6.09. The topological polar surface area (TPSA) is 88.4 Å². The van der Waals surface area contributed by atoms with Gasteiger partial charge in [-0.1, -0.05) is 11.6 Å². The smallest absolute Gasteiger partial charge is 0.270 e. The maximum atomic E-state index is 12.8. The fourth-order valence-electron chi connectivity index (χ4n) is 4.44. The Morgan fingerprint density at radius 3 is 2.67 bits per heavy atom. The minimum Gasteiger partial charge on any atom is -0.382 e. The van der Waals surface area contributed by atoms with E-state index in [1.807, 2.05) is 43.3 Å². The van der Waals surface area contributed by atoms with Gasteiger partial charge >= 0.3 is 0 Å². The van der Waals surface area contributed by atoms with Crippen molar-refractivity contribution in [1.82, 2.24) is 19.7 Å². The van der Waals surface area contributed by atoms with E-state index in [-0.39, 0.29) is 23.1 Å². The van der Waals surface area contributed by atoms with Gasteiger partial charge in [0.1, 0.15) is 11.2 Å². The van der Waals surface area contributed by atoms with Crippen LogP contribution >= 0.6 is 11.6 Å². The number of amides is 1. The zero-order valence-corrected chi connectivity index (χ0v) is 19.0. The van der Waals surface area contributed by atoms with Crippen molar-refractivity contribution in [3.63, 3.8) is 0 Å². The van der Waals surface area contributed by atoms with E-state index in [0.29, 0.717) is 16.7 Å². The fraction of sp³-hybridized carbons (Fsp3) is 0.280. The molecule has 1 aliphatic carbocycles. The second kappa shape index (κ2) is 8.83. The van der Waals surface area contributed by atoms with Gasteiger partial charge in [-0.15, -0.1) is 0 Å². The summed E-state index contributed by atoms with van der Waals surface area (Å²) in [5.41, 5.74) is 3.16. The van der Waals surface area contributed by atoms with Gasteiger partial charge in [0.05, 0.1) is 5.52 Å². The van der Waals surface area contributed by atoms with Gasteiger partial charge in [0.2, 0.25) is 0 Å². The van der Waals surface area contributed by atoms with Crippen molar-refractivity contribution in [3.8, 4) is 0 Å². The molecular formula is C25H24ClN5O2. The molecular weight excluding hydrogens is 438 g/mol. The molecule has 3 heterocycles. The largest absolute Gasteiger partial charge is 0.382 e. The molecule has 0 atom stereocenters. The Labute approximate surface area is 195 Å². The van der Waals surface area contributed by atoms with E-state index in [4.69, 9.17) is 11.6 Å². The maximum absolute atomic E-state index is 12.8. The van der Waals surface area contributed by atoms with Crippen LogP contribution in [0.4, 0.5) is 5.69 Å². The Morgan fingerprint density at radius 2 is 1.85 bits per heavy atom. The summed E-state index contributed by atoms with van der Waals surface area (Å²) in [4.78, 5) is 34.2. The molecule has 0 saturated heterocycles. The predicted octanol–water partition coefficient (Wildman–Crippen LogP) is 4.36. The molecule has 7 nitrogen and oxygen atoms in total. The maximum Gasteiger partial charge on any atom is 0.270 e. The van der Waals surface area contributed by atoms with E-state index in [1.54, 1.807) is 12.4 Å². The number of benzene rings is 1. The quantitative estimate of drug-likeness (QED) is 0.471. The Bertz CT molecular complexity index is 1410. The van der Waals surface area contributed by atoms with E-state index in [1.165, 1.54) is 10.6 Å². The number of fused-ring (bicyclic) bond motifs is 2. The van der Waals surface area contributed by atoms with Crippen molar-refractivity contribution in [1.29, 1.82) is 0 Å². The summed E-state index contributed by atoms with van der Waals surface area (Å²) in [5.74, 6) is -0.365. The van der Waals surface area contributed by atoms with Crippen LogP contribution in [0.5, 0.6) is 0 Å². The minimum absolute atomic E-state index is 0.0293. The van der Waals surface area contributed by atoms with Gasteiger partial charge in [0, 0.05) is 46.8 Å². The number of hydrogen-bond donors (Lipinski definition) is 2. The van der Waals surface area contributed by atoms with Gasteiger partial charge in [-0.3, -0.25) is 19.0 Å². The first kappa shape index (κ1) is 21.4. The highest BCUT2D eigenvalue weighted by Crippen LogP contribution is 2.28. The molecule has 3 aromatic heterocycles. The van der Waals surface area contributed by atoms with E-state index in [2.05, 4.69) is 20.6 Å². The number of carbonyl (C=O) groups excluding carboxylic acids is 1. The van der Waals surface area contributed by atoms with Gasteiger partial charge in [-0.05, 0) is 74.6 Å². The van der Waals surface area contributed by atoms with E-state index < -0.39 is 0 Å². The van der Waals surface area contributed by atoms with Gasteiger partial charge in [0.15, 0.2) is 0 Å². The number of halogens is 1. The van der Waals surface area contributed by atoms with Crippen molar-refractivity contribution < 1.29 is 4.79 Å². The van der Waals surface area contributed by atoms with Crippen molar-refractivity contribution in [2.75, 3.05) is 5.32 Å². The first-order valence-corrected chi connectivity index (χ1v) is 11.5. The van der Waals surface area contributed by atoms with Gasteiger partial charge in [-0.2, -0.15) is 0 Å². The average molecular weight is 462 g/mol. The number of aryl methyl sites for hydroxylation is 1. The molecule has 1 aromatic carbocycles. The molecule has 5 rings (SSSR count). The standard InChI is InChI=1S/C25H24ClN5O2/c1-15-9-11-31-23(12-15)28-14-20(25(31)33)24(32)30-18-5-3-17(4-6-18)29-21-8-10-27-22-13-16(26)2-7-19(21)22/h2,7-14,17-18H,3-6H2,1H3,(H,27,29)(H,30,32). The zero-order chi connectivity index (χ0) is 22.9. The lowest BCUT2D eigenvalue weighted by atomic mass is 9.90. The zero-order valence-electron chi connectivity index (χ0n) is 18.2. The van der Waals surface area contributed by atoms with Crippen LogP contribution in [0, 0.1) is 6.92 Å². The van der Waals surface area contributed by atoms with E-state index >= 15 is 0 Å². The Hall–Kier alpha value is -3.45. The molecule has 4 aromatic rings. The lowest BCUT2D eigenvalue weighted by Crippen LogP contribution is -2.42. The highest BCUT2D eigenvalue weighted by atomic mass is 35.5. The van der Waals surface area contributed by atoms with Crippen LogP contribution < -0.4 is 16.2 Å². The normalized spacial score (nSPS) is 18.4. The van der Waals surface area contributed by atoms with Gasteiger partial charge < -0.3 is 10.6 Å². The first-order valence-electron chi connectivity index (χ1n) is 11.1. The number of carbonyl (C=O) groups is 1. The molecule has 0 radical (unpaired) electrons. The summed E-state index contributed by atoms with van der Waals surface area (Å²) in [6, 6.07) is 11.7. The number of hydrogen-bond acceptors (Lipinski definition) is 5. The van der Waals surface area contributed by atoms with Crippen LogP contribution in [0.25, 0.3) is 16.6 Å². The molecule has 2 N–H and O–H groups in total. The first-order chi connectivity index (χ1) is 16.0. The molecule has 1 saturated carbocycles. The molecule has 0 bridgehead atoms. The van der Waals surface area contributed by atoms with Gasteiger partial charge in [0.25, 0.3) is 11.5 Å². The predicted molar refractivity (Wildman–Crippen MR) is 130 cm³/mol. The van der Waals surface area contributed by atoms with Crippen molar-refractivity contribution in [2.45, 2.75) is 44.7 Å². The third-order valence-electron chi connectivity index (χ3n) is 6.24. The molecule has 33 heavy (non-hydrogen) atoms. The molecule has 1 fully saturated rings. The Kier molecular flexibility index (Phi) is 5.72. The molecule has 1 amide bonds. The van der Waals surface area contributed by atoms with Crippen LogP contribution in [-0.2, 0) is 0 Å². The summed E-state index contributed by atoms with van der Waals surface area (Å²) in [6.07, 6.45) is 8.31. The lowest BCUT2D eigenvalue weighted by molar-refractivity contribution is 0.0924. The fourth-order valence-corrected chi connectivity index (χ4v) is 4.61. The second-order valence-corrected chi connectivity index (χ2v) is 9.03. The molecule has 1 aliphatic rings. The molecule has 0 aliphatic heterocycles. The van der Waals surface area contributed by atoms with E-state index in [9.17, 15) is 9.59 Å². The van der Waals surface area contributed by atoms with Crippen molar-refractivity contribution in [2.24, 2.45) is 0 Å². The highest BCUT2D eigenvalue weighted by Gasteiger charge is 2.24. The number of rotatable bonds is 4. The number of aromatic nitrogens is 3. The van der Waals surface area contributed by atoms with Crippen LogP contribution in [0.1, 0.15) is 41.6 Å².